The first-order chi connectivity index (χ1) is 12.0. The Kier molecular flexibility index (Phi) is 3.21. The first-order valence-corrected chi connectivity index (χ1v) is 7.82. The fourth-order valence-electron chi connectivity index (χ4n) is 3.12. The largest absolute Gasteiger partial charge is 0.367 e. The van der Waals surface area contributed by atoms with Gasteiger partial charge in [0.2, 0.25) is 0 Å². The van der Waals surface area contributed by atoms with Crippen molar-refractivity contribution in [1.82, 2.24) is 24.6 Å². The van der Waals surface area contributed by atoms with Crippen molar-refractivity contribution in [3.05, 3.63) is 45.5 Å². The number of fused-ring (bicyclic) bond motifs is 1. The number of imidazole rings is 1. The Labute approximate surface area is 141 Å². The zero-order valence-electron chi connectivity index (χ0n) is 13.5. The molecule has 1 fully saturated rings. The molecule has 25 heavy (non-hydrogen) atoms. The van der Waals surface area contributed by atoms with E-state index in [1.165, 1.54) is 6.20 Å². The summed E-state index contributed by atoms with van der Waals surface area (Å²) >= 11 is 0. The number of hydrogen-bond acceptors (Lipinski definition) is 6. The Bertz CT molecular complexity index is 1120. The lowest BCUT2D eigenvalue weighted by Gasteiger charge is -2.21. The van der Waals surface area contributed by atoms with Gasteiger partial charge in [-0.3, -0.25) is 9.78 Å². The maximum absolute atomic E-state index is 12.1. The number of anilines is 1. The first-order valence-electron chi connectivity index (χ1n) is 7.82. The molecule has 9 heteroatoms. The van der Waals surface area contributed by atoms with Gasteiger partial charge in [-0.1, -0.05) is 0 Å². The van der Waals surface area contributed by atoms with Gasteiger partial charge in [0.1, 0.15) is 5.69 Å². The molecular formula is C16H15N7O2. The molecule has 2 N–H and O–H groups in total. The topological polar surface area (TPSA) is 123 Å². The van der Waals surface area contributed by atoms with Gasteiger partial charge in [-0.15, -0.1) is 0 Å². The van der Waals surface area contributed by atoms with E-state index in [0.29, 0.717) is 17.9 Å². The molecule has 0 aliphatic carbocycles. The number of aromatic amines is 2. The molecule has 0 bridgehead atoms. The fourth-order valence-corrected chi connectivity index (χ4v) is 3.12. The second-order valence-electron chi connectivity index (χ2n) is 6.44. The summed E-state index contributed by atoms with van der Waals surface area (Å²) in [6.07, 6.45) is 5.43. The van der Waals surface area contributed by atoms with Crippen LogP contribution >= 0.6 is 0 Å². The van der Waals surface area contributed by atoms with Crippen LogP contribution in [0.15, 0.2) is 34.2 Å². The predicted octanol–water partition coefficient (Wildman–Crippen LogP) is 0.513. The summed E-state index contributed by atoms with van der Waals surface area (Å²) in [6.45, 7) is 3.24. The van der Waals surface area contributed by atoms with Gasteiger partial charge >= 0.3 is 5.69 Å². The molecule has 1 atom stereocenters. The van der Waals surface area contributed by atoms with E-state index in [2.05, 4.69) is 31.0 Å². The van der Waals surface area contributed by atoms with E-state index >= 15 is 0 Å². The summed E-state index contributed by atoms with van der Waals surface area (Å²) in [5.74, 6) is 0. The average Bonchev–Trinajstić information content (AvgIpc) is 3.21. The maximum Gasteiger partial charge on any atom is 0.325 e. The minimum Gasteiger partial charge on any atom is -0.367 e. The zero-order chi connectivity index (χ0) is 17.6. The van der Waals surface area contributed by atoms with Gasteiger partial charge in [0.05, 0.1) is 22.7 Å². The van der Waals surface area contributed by atoms with Crippen LogP contribution in [0.2, 0.25) is 0 Å². The minimum absolute atomic E-state index is 0.263. The van der Waals surface area contributed by atoms with Crippen LogP contribution in [0.5, 0.6) is 0 Å². The SMILES string of the molecule is CC1(C#N)CCN(c2cc(-c3c[nH]c(=O)[nH]c3=O)nn3ccnc23)C1. The Hall–Kier alpha value is -3.41. The van der Waals surface area contributed by atoms with Gasteiger partial charge in [0, 0.05) is 31.7 Å². The van der Waals surface area contributed by atoms with Crippen LogP contribution in [0.25, 0.3) is 16.9 Å². The molecule has 0 radical (unpaired) electrons. The zero-order valence-corrected chi connectivity index (χ0v) is 13.5. The Balaban J connectivity index is 1.88. The molecule has 4 rings (SSSR count). The lowest BCUT2D eigenvalue weighted by molar-refractivity contribution is 0.502. The predicted molar refractivity (Wildman–Crippen MR) is 90.2 cm³/mol. The first kappa shape index (κ1) is 15.1. The third-order valence-electron chi connectivity index (χ3n) is 4.52. The number of nitrogens with zero attached hydrogens (tertiary/aromatic N) is 5. The van der Waals surface area contributed by atoms with E-state index in [1.54, 1.807) is 23.0 Å². The van der Waals surface area contributed by atoms with Crippen LogP contribution in [0.3, 0.4) is 0 Å². The van der Waals surface area contributed by atoms with E-state index in [-0.39, 0.29) is 5.56 Å². The Morgan fingerprint density at radius 1 is 1.40 bits per heavy atom. The molecule has 1 unspecified atom stereocenters. The average molecular weight is 337 g/mol. The summed E-state index contributed by atoms with van der Waals surface area (Å²) in [5.41, 5.74) is 0.656. The van der Waals surface area contributed by atoms with Gasteiger partial charge in [0.25, 0.3) is 5.56 Å². The minimum atomic E-state index is -0.568. The highest BCUT2D eigenvalue weighted by atomic mass is 16.2. The number of hydrogen-bond donors (Lipinski definition) is 2. The molecule has 126 valence electrons. The normalized spacial score (nSPS) is 20.1. The molecule has 1 aliphatic heterocycles. The molecule has 0 aromatic carbocycles. The molecule has 4 heterocycles. The van der Waals surface area contributed by atoms with E-state index in [9.17, 15) is 14.9 Å². The van der Waals surface area contributed by atoms with E-state index in [0.717, 1.165) is 18.7 Å². The van der Waals surface area contributed by atoms with Crippen molar-refractivity contribution >= 4 is 11.3 Å². The lowest BCUT2D eigenvalue weighted by atomic mass is 9.92. The standard InChI is InChI=1S/C16H15N7O2/c1-16(8-17)2-4-22(9-16)12-6-11(21-23-5-3-18-13(12)23)10-7-19-15(25)20-14(10)24/h3,5-7H,2,4,9H2,1H3,(H2,19,20,24,25). The van der Waals surface area contributed by atoms with Gasteiger partial charge in [-0.2, -0.15) is 10.4 Å². The number of H-pyrrole nitrogens is 2. The summed E-state index contributed by atoms with van der Waals surface area (Å²) in [6, 6.07) is 4.14. The van der Waals surface area contributed by atoms with E-state index < -0.39 is 16.7 Å². The molecule has 0 spiro atoms. The van der Waals surface area contributed by atoms with Crippen molar-refractivity contribution < 1.29 is 0 Å². The van der Waals surface area contributed by atoms with Gasteiger partial charge in [-0.25, -0.2) is 14.3 Å². The highest BCUT2D eigenvalue weighted by Gasteiger charge is 2.35. The number of rotatable bonds is 2. The van der Waals surface area contributed by atoms with Crippen molar-refractivity contribution in [1.29, 1.82) is 5.26 Å². The highest BCUT2D eigenvalue weighted by Crippen LogP contribution is 2.35. The van der Waals surface area contributed by atoms with Gasteiger partial charge < -0.3 is 9.88 Å². The van der Waals surface area contributed by atoms with Crippen LogP contribution in [-0.2, 0) is 0 Å². The molecule has 3 aromatic heterocycles. The van der Waals surface area contributed by atoms with Crippen LogP contribution in [0.4, 0.5) is 5.69 Å². The molecule has 1 saturated heterocycles. The van der Waals surface area contributed by atoms with Crippen molar-refractivity contribution in [2.75, 3.05) is 18.0 Å². The molecule has 9 nitrogen and oxygen atoms in total. The van der Waals surface area contributed by atoms with Gasteiger partial charge in [-0.05, 0) is 19.4 Å². The summed E-state index contributed by atoms with van der Waals surface area (Å²) in [7, 11) is 0. The molecule has 0 amide bonds. The third kappa shape index (κ3) is 2.48. The van der Waals surface area contributed by atoms with Crippen molar-refractivity contribution in [3.8, 4) is 17.3 Å². The second kappa shape index (κ2) is 5.31. The smallest absolute Gasteiger partial charge is 0.325 e. The van der Waals surface area contributed by atoms with E-state index in [4.69, 9.17) is 0 Å². The number of aromatic nitrogens is 5. The Morgan fingerprint density at radius 3 is 2.96 bits per heavy atom. The number of nitriles is 1. The van der Waals surface area contributed by atoms with Crippen molar-refractivity contribution in [3.63, 3.8) is 0 Å². The van der Waals surface area contributed by atoms with Crippen LogP contribution < -0.4 is 16.1 Å². The maximum atomic E-state index is 12.1. The quantitative estimate of drug-likeness (QED) is 0.702. The van der Waals surface area contributed by atoms with Crippen molar-refractivity contribution in [2.45, 2.75) is 13.3 Å². The summed E-state index contributed by atoms with van der Waals surface area (Å²) < 4.78 is 1.59. The molecule has 1 aliphatic rings. The summed E-state index contributed by atoms with van der Waals surface area (Å²) in [4.78, 5) is 34.4. The fraction of sp³-hybridized carbons (Fsp3) is 0.312. The van der Waals surface area contributed by atoms with E-state index in [1.807, 2.05) is 6.92 Å². The second-order valence-corrected chi connectivity index (χ2v) is 6.44. The Morgan fingerprint density at radius 2 is 2.24 bits per heavy atom. The molecule has 0 saturated carbocycles. The highest BCUT2D eigenvalue weighted by molar-refractivity contribution is 5.74. The van der Waals surface area contributed by atoms with Crippen LogP contribution in [0.1, 0.15) is 13.3 Å². The lowest BCUT2D eigenvalue weighted by Crippen LogP contribution is -2.25. The number of nitrogens with one attached hydrogen (secondary N) is 2. The summed E-state index contributed by atoms with van der Waals surface area (Å²) in [5, 5.41) is 13.8. The van der Waals surface area contributed by atoms with Gasteiger partial charge in [0.15, 0.2) is 5.65 Å². The monoisotopic (exact) mass is 337 g/mol. The van der Waals surface area contributed by atoms with Crippen molar-refractivity contribution in [2.24, 2.45) is 5.41 Å². The molecular weight excluding hydrogens is 322 g/mol. The third-order valence-corrected chi connectivity index (χ3v) is 4.52. The van der Waals surface area contributed by atoms with Crippen LogP contribution in [0, 0.1) is 16.7 Å². The molecule has 3 aromatic rings. The van der Waals surface area contributed by atoms with Crippen LogP contribution in [-0.4, -0.2) is 37.7 Å².